The maximum atomic E-state index is 13.2. The van der Waals surface area contributed by atoms with Crippen LogP contribution in [0, 0.1) is 24.0 Å². The van der Waals surface area contributed by atoms with Gasteiger partial charge in [-0.15, -0.1) is 0 Å². The maximum Gasteiger partial charge on any atom is 0.335 e. The summed E-state index contributed by atoms with van der Waals surface area (Å²) in [6.07, 6.45) is 1.29. The largest absolute Gasteiger partial charge is 0.486 e. The van der Waals surface area contributed by atoms with Crippen LogP contribution < -0.4 is 15.0 Å². The molecule has 37 heavy (non-hydrogen) atoms. The van der Waals surface area contributed by atoms with Gasteiger partial charge < -0.3 is 4.74 Å². The second-order valence-electron chi connectivity index (χ2n) is 8.33. The normalized spacial score (nSPS) is 14.6. The van der Waals surface area contributed by atoms with Crippen molar-refractivity contribution in [1.29, 1.82) is 0 Å². The molecule has 0 aliphatic carbocycles. The van der Waals surface area contributed by atoms with Gasteiger partial charge in [0.05, 0.1) is 20.7 Å². The van der Waals surface area contributed by atoms with Crippen molar-refractivity contribution in [2.45, 2.75) is 20.5 Å². The molecule has 1 heterocycles. The minimum atomic E-state index is -0.846. The standard InChI is InChI=1S/C26H19Cl2N3O6/c1-14-7-15(2)9-19(8-14)30-25(33)20(24(32)29-26(30)34)10-17-11-21(27)23(22(28)12-17)37-13-16-3-5-18(6-4-16)31(35)36/h3-12H,13H2,1-2H3,(H,29,32,34)/b20-10+. The average molecular weight is 540 g/mol. The van der Waals surface area contributed by atoms with Gasteiger partial charge in [0.15, 0.2) is 5.75 Å². The van der Waals surface area contributed by atoms with Crippen molar-refractivity contribution in [3.05, 3.63) is 103 Å². The van der Waals surface area contributed by atoms with Crippen LogP contribution in [0.15, 0.2) is 60.2 Å². The Morgan fingerprint density at radius 1 is 0.973 bits per heavy atom. The number of halogens is 2. The quantitative estimate of drug-likeness (QED) is 0.184. The molecule has 0 spiro atoms. The van der Waals surface area contributed by atoms with Crippen molar-refractivity contribution in [1.82, 2.24) is 5.32 Å². The van der Waals surface area contributed by atoms with E-state index in [0.717, 1.165) is 16.0 Å². The molecule has 1 aliphatic heterocycles. The number of amides is 4. The van der Waals surface area contributed by atoms with Crippen LogP contribution in [0.3, 0.4) is 0 Å². The fraction of sp³-hybridized carbons (Fsp3) is 0.115. The summed E-state index contributed by atoms with van der Waals surface area (Å²) in [4.78, 5) is 49.4. The van der Waals surface area contributed by atoms with Gasteiger partial charge in [0, 0.05) is 12.1 Å². The van der Waals surface area contributed by atoms with Crippen molar-refractivity contribution < 1.29 is 24.0 Å². The van der Waals surface area contributed by atoms with Gasteiger partial charge in [-0.05, 0) is 78.6 Å². The summed E-state index contributed by atoms with van der Waals surface area (Å²) in [5, 5.41) is 13.2. The van der Waals surface area contributed by atoms with Gasteiger partial charge in [0.2, 0.25) is 0 Å². The second kappa shape index (κ2) is 10.4. The zero-order valence-electron chi connectivity index (χ0n) is 19.6. The third-order valence-electron chi connectivity index (χ3n) is 5.43. The van der Waals surface area contributed by atoms with Crippen molar-refractivity contribution in [3.63, 3.8) is 0 Å². The molecule has 4 amide bonds. The molecule has 11 heteroatoms. The topological polar surface area (TPSA) is 119 Å². The molecular formula is C26H19Cl2N3O6. The number of rotatable bonds is 6. The molecule has 0 radical (unpaired) electrons. The Bertz CT molecular complexity index is 1440. The zero-order chi connectivity index (χ0) is 26.9. The Labute approximate surface area is 221 Å². The predicted molar refractivity (Wildman–Crippen MR) is 139 cm³/mol. The third kappa shape index (κ3) is 5.63. The average Bonchev–Trinajstić information content (AvgIpc) is 2.81. The smallest absolute Gasteiger partial charge is 0.335 e. The van der Waals surface area contributed by atoms with Crippen molar-refractivity contribution in [2.24, 2.45) is 0 Å². The number of barbiturate groups is 1. The van der Waals surface area contributed by atoms with E-state index in [1.165, 1.54) is 30.3 Å². The Morgan fingerprint density at radius 3 is 2.14 bits per heavy atom. The summed E-state index contributed by atoms with van der Waals surface area (Å²) in [6.45, 7) is 3.71. The van der Waals surface area contributed by atoms with E-state index in [2.05, 4.69) is 5.32 Å². The summed E-state index contributed by atoms with van der Waals surface area (Å²) in [5.41, 5.74) is 2.71. The first-order valence-electron chi connectivity index (χ1n) is 10.9. The van der Waals surface area contributed by atoms with Crippen LogP contribution in [0.4, 0.5) is 16.2 Å². The minimum absolute atomic E-state index is 0.0451. The highest BCUT2D eigenvalue weighted by Gasteiger charge is 2.37. The fourth-order valence-electron chi connectivity index (χ4n) is 3.81. The van der Waals surface area contributed by atoms with Crippen LogP contribution in [0.1, 0.15) is 22.3 Å². The number of hydrogen-bond donors (Lipinski definition) is 1. The second-order valence-corrected chi connectivity index (χ2v) is 9.14. The highest BCUT2D eigenvalue weighted by molar-refractivity contribution is 6.40. The first kappa shape index (κ1) is 25.9. The number of nitro benzene ring substituents is 1. The first-order chi connectivity index (χ1) is 17.5. The van der Waals surface area contributed by atoms with E-state index in [4.69, 9.17) is 27.9 Å². The minimum Gasteiger partial charge on any atom is -0.486 e. The van der Waals surface area contributed by atoms with Crippen molar-refractivity contribution in [2.75, 3.05) is 4.90 Å². The molecule has 3 aromatic rings. The van der Waals surface area contributed by atoms with E-state index < -0.39 is 22.8 Å². The van der Waals surface area contributed by atoms with Gasteiger partial charge in [-0.1, -0.05) is 29.3 Å². The Balaban J connectivity index is 1.59. The number of ether oxygens (including phenoxy) is 1. The summed E-state index contributed by atoms with van der Waals surface area (Å²) in [5.74, 6) is -1.47. The molecule has 4 rings (SSSR count). The van der Waals surface area contributed by atoms with Crippen LogP contribution in [0.5, 0.6) is 5.75 Å². The molecule has 9 nitrogen and oxygen atoms in total. The molecule has 1 aliphatic rings. The lowest BCUT2D eigenvalue weighted by molar-refractivity contribution is -0.384. The van der Waals surface area contributed by atoms with Crippen LogP contribution in [0.25, 0.3) is 6.08 Å². The molecule has 1 fully saturated rings. The fourth-order valence-corrected chi connectivity index (χ4v) is 4.42. The van der Waals surface area contributed by atoms with Gasteiger partial charge in [0.25, 0.3) is 17.5 Å². The maximum absolute atomic E-state index is 13.2. The van der Waals surface area contributed by atoms with E-state index in [1.807, 2.05) is 19.9 Å². The molecule has 3 aromatic carbocycles. The zero-order valence-corrected chi connectivity index (χ0v) is 21.1. The van der Waals surface area contributed by atoms with E-state index in [9.17, 15) is 24.5 Å². The van der Waals surface area contributed by atoms with E-state index in [-0.39, 0.29) is 33.7 Å². The van der Waals surface area contributed by atoms with Gasteiger partial charge in [-0.2, -0.15) is 0 Å². The van der Waals surface area contributed by atoms with E-state index >= 15 is 0 Å². The number of anilines is 1. The molecular weight excluding hydrogens is 521 g/mol. The Morgan fingerprint density at radius 2 is 1.57 bits per heavy atom. The highest BCUT2D eigenvalue weighted by atomic mass is 35.5. The SMILES string of the molecule is Cc1cc(C)cc(N2C(=O)NC(=O)/C(=C\c3cc(Cl)c(OCc4ccc([N+](=O)[O-])cc4)c(Cl)c3)C2=O)c1. The molecule has 0 aromatic heterocycles. The van der Waals surface area contributed by atoms with Crippen molar-refractivity contribution >= 4 is 58.5 Å². The summed E-state index contributed by atoms with van der Waals surface area (Å²) in [7, 11) is 0. The molecule has 0 atom stereocenters. The van der Waals surface area contributed by atoms with Gasteiger partial charge in [-0.3, -0.25) is 25.0 Å². The number of non-ortho nitro benzene ring substituents is 1. The lowest BCUT2D eigenvalue weighted by atomic mass is 10.1. The molecule has 1 N–H and O–H groups in total. The molecule has 188 valence electrons. The predicted octanol–water partition coefficient (Wildman–Crippen LogP) is 5.76. The van der Waals surface area contributed by atoms with Crippen LogP contribution in [-0.4, -0.2) is 22.8 Å². The number of carbonyl (C=O) groups excluding carboxylic acids is 3. The summed E-state index contributed by atoms with van der Waals surface area (Å²) >= 11 is 12.7. The van der Waals surface area contributed by atoms with Gasteiger partial charge in [0.1, 0.15) is 12.2 Å². The van der Waals surface area contributed by atoms with Crippen LogP contribution in [-0.2, 0) is 16.2 Å². The number of benzene rings is 3. The van der Waals surface area contributed by atoms with Crippen LogP contribution >= 0.6 is 23.2 Å². The number of imide groups is 2. The number of aryl methyl sites for hydroxylation is 2. The van der Waals surface area contributed by atoms with E-state index in [0.29, 0.717) is 16.8 Å². The molecule has 0 bridgehead atoms. The monoisotopic (exact) mass is 539 g/mol. The number of hydrogen-bond acceptors (Lipinski definition) is 6. The Kier molecular flexibility index (Phi) is 7.28. The molecule has 0 unspecified atom stereocenters. The summed E-state index contributed by atoms with van der Waals surface area (Å²) in [6, 6.07) is 13.1. The first-order valence-corrected chi connectivity index (χ1v) is 11.6. The highest BCUT2D eigenvalue weighted by Crippen LogP contribution is 2.36. The lowest BCUT2D eigenvalue weighted by Gasteiger charge is -2.27. The molecule has 1 saturated heterocycles. The number of nitrogens with zero attached hydrogens (tertiary/aromatic N) is 2. The van der Waals surface area contributed by atoms with Crippen LogP contribution in [0.2, 0.25) is 10.0 Å². The number of carbonyl (C=O) groups is 3. The number of nitrogens with one attached hydrogen (secondary N) is 1. The van der Waals surface area contributed by atoms with E-state index in [1.54, 1.807) is 24.3 Å². The Hall–Kier alpha value is -4.21. The number of urea groups is 1. The summed E-state index contributed by atoms with van der Waals surface area (Å²) < 4.78 is 5.70. The van der Waals surface area contributed by atoms with Crippen molar-refractivity contribution in [3.8, 4) is 5.75 Å². The number of nitro groups is 1. The molecule has 0 saturated carbocycles. The third-order valence-corrected chi connectivity index (χ3v) is 5.99. The van der Waals surface area contributed by atoms with Gasteiger partial charge >= 0.3 is 6.03 Å². The lowest BCUT2D eigenvalue weighted by Crippen LogP contribution is -2.54. The van der Waals surface area contributed by atoms with Gasteiger partial charge in [-0.25, -0.2) is 9.69 Å².